The van der Waals surface area contributed by atoms with Gasteiger partial charge in [-0.3, -0.25) is 14.5 Å². The van der Waals surface area contributed by atoms with Crippen LogP contribution in [0, 0.1) is 0 Å². The number of carbonyl (C=O) groups excluding carboxylic acids is 2. The lowest BCUT2D eigenvalue weighted by Gasteiger charge is -2.38. The molecule has 8 heteroatoms. The van der Waals surface area contributed by atoms with Crippen molar-refractivity contribution in [3.8, 4) is 23.0 Å². The molecule has 0 aromatic heterocycles. The molecule has 0 spiro atoms. The Labute approximate surface area is 193 Å². The number of carbonyl (C=O) groups is 2. The van der Waals surface area contributed by atoms with E-state index in [1.807, 2.05) is 25.1 Å². The Morgan fingerprint density at radius 2 is 1.59 bits per heavy atom. The molecule has 0 bridgehead atoms. The summed E-state index contributed by atoms with van der Waals surface area (Å²) in [6.07, 6.45) is 0.797. The molecule has 2 aromatic rings. The molecule has 1 aliphatic rings. The summed E-state index contributed by atoms with van der Waals surface area (Å²) in [6, 6.07) is 9.32. The van der Waals surface area contributed by atoms with E-state index in [-0.39, 0.29) is 11.5 Å². The first kappa shape index (κ1) is 23.9. The van der Waals surface area contributed by atoms with Gasteiger partial charge in [-0.05, 0) is 54.3 Å². The molecule has 0 aliphatic carbocycles. The Morgan fingerprint density at radius 1 is 0.969 bits per heavy atom. The second kappa shape index (κ2) is 9.79. The van der Waals surface area contributed by atoms with E-state index in [4.69, 9.17) is 30.5 Å². The number of alkyl halides is 1. The molecule has 0 fully saturated rings. The Kier molecular flexibility index (Phi) is 7.31. The third-order valence-corrected chi connectivity index (χ3v) is 5.64. The second-order valence-corrected chi connectivity index (χ2v) is 8.83. The summed E-state index contributed by atoms with van der Waals surface area (Å²) < 4.78 is 21.3. The summed E-state index contributed by atoms with van der Waals surface area (Å²) in [7, 11) is 3.23. The van der Waals surface area contributed by atoms with Gasteiger partial charge in [0.15, 0.2) is 23.0 Å². The van der Waals surface area contributed by atoms with E-state index < -0.39 is 16.8 Å². The van der Waals surface area contributed by atoms with E-state index in [0.29, 0.717) is 24.6 Å². The van der Waals surface area contributed by atoms with E-state index in [1.165, 1.54) is 13.8 Å². The Hall–Kier alpha value is -2.77. The summed E-state index contributed by atoms with van der Waals surface area (Å²) in [6.45, 7) is 6.54. The summed E-state index contributed by atoms with van der Waals surface area (Å²) in [5.41, 5.74) is 2.90. The lowest BCUT2D eigenvalue weighted by Crippen LogP contribution is -2.41. The van der Waals surface area contributed by atoms with Gasteiger partial charge in [-0.2, -0.15) is 0 Å². The number of nitrogens with zero attached hydrogens (tertiary/aromatic N) is 1. The van der Waals surface area contributed by atoms with Gasteiger partial charge >= 0.3 is 11.9 Å². The third-order valence-electron chi connectivity index (χ3n) is 5.32. The fourth-order valence-corrected chi connectivity index (χ4v) is 4.32. The molecule has 7 nitrogen and oxygen atoms in total. The number of halogens is 1. The van der Waals surface area contributed by atoms with E-state index in [0.717, 1.165) is 29.7 Å². The van der Waals surface area contributed by atoms with Gasteiger partial charge in [-0.1, -0.05) is 6.07 Å². The van der Waals surface area contributed by atoms with Gasteiger partial charge in [0.05, 0.1) is 19.1 Å². The predicted octanol–water partition coefficient (Wildman–Crippen LogP) is 4.07. The van der Waals surface area contributed by atoms with Gasteiger partial charge in [-0.25, -0.2) is 0 Å². The number of fused-ring (bicyclic) bond motifs is 1. The van der Waals surface area contributed by atoms with Crippen LogP contribution in [0.1, 0.15) is 37.5 Å². The van der Waals surface area contributed by atoms with Crippen molar-refractivity contribution in [3.63, 3.8) is 0 Å². The molecule has 0 radical (unpaired) electrons. The van der Waals surface area contributed by atoms with E-state index in [1.54, 1.807) is 26.4 Å². The van der Waals surface area contributed by atoms with Crippen molar-refractivity contribution >= 4 is 23.5 Å². The zero-order chi connectivity index (χ0) is 23.5. The normalized spacial score (nSPS) is 17.9. The first-order chi connectivity index (χ1) is 15.1. The molecule has 1 heterocycles. The maximum atomic E-state index is 11.5. The highest BCUT2D eigenvalue weighted by atomic mass is 35.5. The molecule has 1 unspecified atom stereocenters. The smallest absolute Gasteiger partial charge is 0.308 e. The number of hydrogen-bond acceptors (Lipinski definition) is 7. The molecule has 1 atom stereocenters. The quantitative estimate of drug-likeness (QED) is 0.349. The predicted molar refractivity (Wildman–Crippen MR) is 121 cm³/mol. The number of hydrogen-bond donors (Lipinski definition) is 0. The molecule has 0 amide bonds. The maximum absolute atomic E-state index is 11.5. The Bertz CT molecular complexity index is 1020. The average Bonchev–Trinajstić information content (AvgIpc) is 2.71. The largest absolute Gasteiger partial charge is 0.493 e. The molecule has 1 aliphatic heterocycles. The van der Waals surface area contributed by atoms with Crippen LogP contribution in [0.2, 0.25) is 0 Å². The first-order valence-corrected chi connectivity index (χ1v) is 10.7. The molecule has 0 N–H and O–H groups in total. The van der Waals surface area contributed by atoms with Crippen molar-refractivity contribution < 1.29 is 28.5 Å². The molecule has 172 valence electrons. The van der Waals surface area contributed by atoms with Crippen molar-refractivity contribution in [2.24, 2.45) is 0 Å². The SMILES string of the molecule is COc1ccc(CCN2Cc3cc(OC(C)=O)c(OC(C)=O)cc3C(C)(Cl)C2)cc1OC. The van der Waals surface area contributed by atoms with E-state index in [9.17, 15) is 9.59 Å². The second-order valence-electron chi connectivity index (χ2n) is 7.99. The van der Waals surface area contributed by atoms with Crippen LogP contribution >= 0.6 is 11.6 Å². The molecule has 3 rings (SSSR count). The van der Waals surface area contributed by atoms with Gasteiger partial charge in [0.2, 0.25) is 0 Å². The van der Waals surface area contributed by atoms with Crippen LogP contribution in [0.25, 0.3) is 0 Å². The van der Waals surface area contributed by atoms with Crippen LogP contribution in [0.5, 0.6) is 23.0 Å². The van der Waals surface area contributed by atoms with Crippen LogP contribution in [0.15, 0.2) is 30.3 Å². The first-order valence-electron chi connectivity index (χ1n) is 10.3. The molecule has 32 heavy (non-hydrogen) atoms. The van der Waals surface area contributed by atoms with Gasteiger partial charge in [0, 0.05) is 33.5 Å². The summed E-state index contributed by atoms with van der Waals surface area (Å²) in [4.78, 5) is 24.6. The van der Waals surface area contributed by atoms with Crippen molar-refractivity contribution in [2.75, 3.05) is 27.3 Å². The van der Waals surface area contributed by atoms with E-state index >= 15 is 0 Å². The van der Waals surface area contributed by atoms with Gasteiger partial charge < -0.3 is 18.9 Å². The lowest BCUT2D eigenvalue weighted by atomic mass is 9.89. The number of ether oxygens (including phenoxy) is 4. The van der Waals surface area contributed by atoms with Crippen LogP contribution in [0.3, 0.4) is 0 Å². The van der Waals surface area contributed by atoms with Crippen molar-refractivity contribution in [3.05, 3.63) is 47.0 Å². The minimum Gasteiger partial charge on any atom is -0.493 e. The van der Waals surface area contributed by atoms with Gasteiger partial charge in [0.25, 0.3) is 0 Å². The van der Waals surface area contributed by atoms with Crippen molar-refractivity contribution in [1.29, 1.82) is 0 Å². The summed E-state index contributed by atoms with van der Waals surface area (Å²) >= 11 is 6.91. The highest BCUT2D eigenvalue weighted by Gasteiger charge is 2.35. The van der Waals surface area contributed by atoms with Crippen LogP contribution < -0.4 is 18.9 Å². The zero-order valence-electron chi connectivity index (χ0n) is 19.0. The third kappa shape index (κ3) is 5.53. The number of esters is 2. The number of methoxy groups -OCH3 is 2. The Morgan fingerprint density at radius 3 is 2.19 bits per heavy atom. The van der Waals surface area contributed by atoms with Gasteiger partial charge in [-0.15, -0.1) is 11.6 Å². The molecule has 2 aromatic carbocycles. The standard InChI is InChI=1S/C24H28ClNO6/c1-15(27)31-22-11-18-13-26(9-8-17-6-7-20(29-4)21(10-17)30-5)14-24(3,25)19(18)12-23(22)32-16(2)28/h6-7,10-12H,8-9,13-14H2,1-5H3. The fraction of sp³-hybridized carbons (Fsp3) is 0.417. The topological polar surface area (TPSA) is 74.3 Å². The summed E-state index contributed by atoms with van der Waals surface area (Å²) in [5, 5.41) is 0. The fourth-order valence-electron chi connectivity index (χ4n) is 3.97. The van der Waals surface area contributed by atoms with Gasteiger partial charge in [0.1, 0.15) is 0 Å². The molecular formula is C24H28ClNO6. The van der Waals surface area contributed by atoms with Crippen LogP contribution in [-0.4, -0.2) is 44.1 Å². The van der Waals surface area contributed by atoms with Crippen molar-refractivity contribution in [2.45, 2.75) is 38.6 Å². The van der Waals surface area contributed by atoms with Crippen molar-refractivity contribution in [1.82, 2.24) is 4.90 Å². The highest BCUT2D eigenvalue weighted by Crippen LogP contribution is 2.43. The lowest BCUT2D eigenvalue weighted by molar-refractivity contribution is -0.134. The van der Waals surface area contributed by atoms with Crippen LogP contribution in [-0.2, 0) is 27.4 Å². The number of benzene rings is 2. The van der Waals surface area contributed by atoms with E-state index in [2.05, 4.69) is 4.90 Å². The Balaban J connectivity index is 1.83. The monoisotopic (exact) mass is 461 g/mol. The zero-order valence-corrected chi connectivity index (χ0v) is 19.7. The van der Waals surface area contributed by atoms with Crippen LogP contribution in [0.4, 0.5) is 0 Å². The summed E-state index contributed by atoms with van der Waals surface area (Å²) in [5.74, 6) is 0.797. The molecule has 0 saturated heterocycles. The average molecular weight is 462 g/mol. The molecular weight excluding hydrogens is 434 g/mol. The minimum absolute atomic E-state index is 0.192. The maximum Gasteiger partial charge on any atom is 0.308 e. The highest BCUT2D eigenvalue weighted by molar-refractivity contribution is 6.24. The molecule has 0 saturated carbocycles. The minimum atomic E-state index is -0.700. The number of rotatable bonds is 7.